The summed E-state index contributed by atoms with van der Waals surface area (Å²) in [7, 11) is 0. The Morgan fingerprint density at radius 2 is 1.80 bits per heavy atom. The predicted octanol–water partition coefficient (Wildman–Crippen LogP) is 1.99. The van der Waals surface area contributed by atoms with Gasteiger partial charge >= 0.3 is 11.9 Å². The summed E-state index contributed by atoms with van der Waals surface area (Å²) in [5.41, 5.74) is 1.97. The van der Waals surface area contributed by atoms with Gasteiger partial charge in [-0.05, 0) is 29.4 Å². The predicted molar refractivity (Wildman–Crippen MR) is 70.1 cm³/mol. The van der Waals surface area contributed by atoms with Crippen LogP contribution < -0.4 is 0 Å². The Bertz CT molecular complexity index is 647. The van der Waals surface area contributed by atoms with Crippen LogP contribution in [0.15, 0.2) is 24.3 Å². The molecule has 0 amide bonds. The molecule has 0 radical (unpaired) electrons. The largest absolute Gasteiger partial charge is 0.393 e. The highest BCUT2D eigenvalue weighted by Crippen LogP contribution is 2.49. The van der Waals surface area contributed by atoms with Crippen LogP contribution in [0.3, 0.4) is 0 Å². The van der Waals surface area contributed by atoms with Crippen LogP contribution in [0.25, 0.3) is 0 Å². The first kappa shape index (κ1) is 10.1. The maximum Gasteiger partial charge on any atom is 0.317 e. The van der Waals surface area contributed by atoms with Crippen LogP contribution in [0.4, 0.5) is 0 Å². The number of rotatable bonds is 1. The van der Waals surface area contributed by atoms with E-state index in [2.05, 4.69) is 0 Å². The van der Waals surface area contributed by atoms with Crippen molar-refractivity contribution in [2.45, 2.75) is 24.7 Å². The Labute approximate surface area is 119 Å². The van der Waals surface area contributed by atoms with Gasteiger partial charge in [0, 0.05) is 5.92 Å². The fraction of sp³-hybridized carbons (Fsp3) is 0.500. The van der Waals surface area contributed by atoms with E-state index >= 15 is 0 Å². The third-order valence-corrected chi connectivity index (χ3v) is 4.61. The monoisotopic (exact) mass is 274 g/mol. The molecule has 0 aromatic heterocycles. The lowest BCUT2D eigenvalue weighted by Gasteiger charge is -2.34. The van der Waals surface area contributed by atoms with Crippen molar-refractivity contribution in [2.75, 3.05) is 13.2 Å². The van der Waals surface area contributed by atoms with Crippen LogP contribution in [-0.2, 0) is 19.1 Å². The molecule has 6 unspecified atom stereocenters. The molecule has 0 spiro atoms. The quantitative estimate of drug-likeness (QED) is 0.580. The van der Waals surface area contributed by atoms with Gasteiger partial charge in [0.1, 0.15) is 0 Å². The van der Waals surface area contributed by atoms with Crippen molar-refractivity contribution < 1.29 is 21.8 Å². The molecular formula is C16H16O4. The van der Waals surface area contributed by atoms with Crippen molar-refractivity contribution in [2.24, 2.45) is 11.8 Å². The highest BCUT2D eigenvalue weighted by Gasteiger charge is 2.46. The number of fused-ring (bicyclic) bond motifs is 3. The van der Waals surface area contributed by atoms with E-state index in [4.69, 9.17) is 12.2 Å². The third kappa shape index (κ3) is 1.71. The standard InChI is InChI=1S/C16H16O4/c17-15-6-13(16(18)20-15)12-5-9-7-19-8-14(9)11-4-2-1-3-10(11)12/h1-4,9,12-14H,5-8H2/i7D,8D. The maximum atomic E-state index is 12.0. The van der Waals surface area contributed by atoms with Gasteiger partial charge in [-0.15, -0.1) is 0 Å². The summed E-state index contributed by atoms with van der Waals surface area (Å²) < 4.78 is 26.2. The normalized spacial score (nSPS) is 44.4. The Kier molecular flexibility index (Phi) is 2.23. The van der Waals surface area contributed by atoms with Gasteiger partial charge in [-0.2, -0.15) is 0 Å². The molecular weight excluding hydrogens is 256 g/mol. The fourth-order valence-electron chi connectivity index (χ4n) is 3.67. The molecule has 4 heteroatoms. The van der Waals surface area contributed by atoms with E-state index < -0.39 is 31.0 Å². The lowest BCUT2D eigenvalue weighted by molar-refractivity contribution is -0.153. The number of hydrogen-bond acceptors (Lipinski definition) is 4. The lowest BCUT2D eigenvalue weighted by Crippen LogP contribution is -2.28. The summed E-state index contributed by atoms with van der Waals surface area (Å²) in [6.07, 6.45) is 0.682. The third-order valence-electron chi connectivity index (χ3n) is 4.61. The first-order valence-electron chi connectivity index (χ1n) is 8.05. The summed E-state index contributed by atoms with van der Waals surface area (Å²) in [6, 6.07) is 7.71. The Balaban J connectivity index is 1.78. The Morgan fingerprint density at radius 3 is 2.50 bits per heavy atom. The van der Waals surface area contributed by atoms with Gasteiger partial charge in [-0.25, -0.2) is 0 Å². The summed E-state index contributed by atoms with van der Waals surface area (Å²) in [5.74, 6) is -1.82. The van der Waals surface area contributed by atoms with E-state index in [-0.39, 0.29) is 24.2 Å². The minimum atomic E-state index is -0.753. The molecule has 2 saturated heterocycles. The van der Waals surface area contributed by atoms with Crippen LogP contribution in [0.5, 0.6) is 0 Å². The zero-order valence-electron chi connectivity index (χ0n) is 12.8. The first-order chi connectivity index (χ1) is 10.6. The molecule has 1 aromatic carbocycles. The zero-order chi connectivity index (χ0) is 15.4. The topological polar surface area (TPSA) is 52.6 Å². The van der Waals surface area contributed by atoms with Gasteiger partial charge < -0.3 is 9.47 Å². The average molecular weight is 274 g/mol. The van der Waals surface area contributed by atoms with Crippen LogP contribution in [0.2, 0.25) is 0 Å². The first-order valence-corrected chi connectivity index (χ1v) is 6.89. The molecule has 0 N–H and O–H groups in total. The van der Waals surface area contributed by atoms with Gasteiger partial charge in [0.25, 0.3) is 0 Å². The minimum Gasteiger partial charge on any atom is -0.393 e. The van der Waals surface area contributed by atoms with Crippen molar-refractivity contribution in [3.05, 3.63) is 35.4 Å². The summed E-state index contributed by atoms with van der Waals surface area (Å²) >= 11 is 0. The molecule has 6 atom stereocenters. The van der Waals surface area contributed by atoms with Crippen molar-refractivity contribution in [1.82, 2.24) is 0 Å². The number of esters is 2. The second kappa shape index (κ2) is 4.42. The minimum absolute atomic E-state index is 0.100. The fourth-order valence-corrected chi connectivity index (χ4v) is 3.67. The van der Waals surface area contributed by atoms with Gasteiger partial charge in [-0.3, -0.25) is 9.59 Å². The number of hydrogen-bond donors (Lipinski definition) is 0. The van der Waals surface area contributed by atoms with E-state index in [0.29, 0.717) is 6.42 Å². The summed E-state index contributed by atoms with van der Waals surface area (Å²) in [5, 5.41) is 0. The SMILES string of the molecule is [2H]C1OC([2H])C2c3ccccc3C(C3CC(=O)OC3=O)CC12. The smallest absolute Gasteiger partial charge is 0.317 e. The van der Waals surface area contributed by atoms with Crippen LogP contribution in [0, 0.1) is 11.8 Å². The molecule has 2 aliphatic heterocycles. The molecule has 2 fully saturated rings. The van der Waals surface area contributed by atoms with Crippen LogP contribution >= 0.6 is 0 Å². The highest BCUT2D eigenvalue weighted by atomic mass is 16.6. The van der Waals surface area contributed by atoms with E-state index in [0.717, 1.165) is 11.1 Å². The molecule has 1 aliphatic carbocycles. The Hall–Kier alpha value is -1.68. The van der Waals surface area contributed by atoms with Crippen molar-refractivity contribution in [3.63, 3.8) is 0 Å². The van der Waals surface area contributed by atoms with E-state index in [1.807, 2.05) is 24.3 Å². The number of cyclic esters (lactones) is 2. The molecule has 0 bridgehead atoms. The molecule has 3 aliphatic rings. The maximum absolute atomic E-state index is 12.0. The zero-order valence-corrected chi connectivity index (χ0v) is 10.8. The highest BCUT2D eigenvalue weighted by molar-refractivity contribution is 5.95. The molecule has 4 nitrogen and oxygen atoms in total. The molecule has 104 valence electrons. The van der Waals surface area contributed by atoms with Gasteiger partial charge in [-0.1, -0.05) is 24.3 Å². The van der Waals surface area contributed by atoms with Crippen LogP contribution in [0.1, 0.15) is 38.5 Å². The molecule has 4 rings (SSSR count). The number of ether oxygens (including phenoxy) is 2. The second-order valence-electron chi connectivity index (χ2n) is 5.67. The number of carbonyl (C=O) groups is 2. The summed E-state index contributed by atoms with van der Waals surface area (Å²) in [4.78, 5) is 23.4. The second-order valence-corrected chi connectivity index (χ2v) is 5.67. The molecule has 1 aromatic rings. The number of benzene rings is 1. The average Bonchev–Trinajstić information content (AvgIpc) is 2.97. The van der Waals surface area contributed by atoms with Crippen molar-refractivity contribution in [1.29, 1.82) is 0 Å². The van der Waals surface area contributed by atoms with E-state index in [9.17, 15) is 9.59 Å². The van der Waals surface area contributed by atoms with Gasteiger partial charge in [0.05, 0.1) is 28.2 Å². The number of carbonyl (C=O) groups excluding carboxylic acids is 2. The van der Waals surface area contributed by atoms with Gasteiger partial charge in [0.15, 0.2) is 0 Å². The van der Waals surface area contributed by atoms with Crippen LogP contribution in [-0.4, -0.2) is 25.1 Å². The molecule has 0 saturated carbocycles. The summed E-state index contributed by atoms with van der Waals surface area (Å²) in [6.45, 7) is -1.50. The Morgan fingerprint density at radius 1 is 1.05 bits per heavy atom. The molecule has 2 heterocycles. The van der Waals surface area contributed by atoms with Crippen molar-refractivity contribution in [3.8, 4) is 0 Å². The van der Waals surface area contributed by atoms with Gasteiger partial charge in [0.2, 0.25) is 0 Å². The molecule has 20 heavy (non-hydrogen) atoms. The lowest BCUT2D eigenvalue weighted by atomic mass is 9.67. The van der Waals surface area contributed by atoms with Crippen molar-refractivity contribution >= 4 is 11.9 Å². The van der Waals surface area contributed by atoms with E-state index in [1.165, 1.54) is 0 Å². The van der Waals surface area contributed by atoms with E-state index in [1.54, 1.807) is 0 Å².